The van der Waals surface area contributed by atoms with Gasteiger partial charge in [0.15, 0.2) is 6.61 Å². The minimum atomic E-state index is -1.39. The fourth-order valence-electron chi connectivity index (χ4n) is 5.29. The zero-order valence-corrected chi connectivity index (χ0v) is 22.0. The van der Waals surface area contributed by atoms with Gasteiger partial charge in [0.05, 0.1) is 12.6 Å². The SMILES string of the molecule is CN1CCN(C(=O)OCC(=O)N2C[C@H](F)C[C@H]2C(=O)N[C@@H](c2ccccc2)c2ccc(C3CC3)c(F)c2)CC1. The maximum atomic E-state index is 14.9. The molecule has 3 amide bonds. The Hall–Kier alpha value is -3.53. The van der Waals surface area contributed by atoms with Gasteiger partial charge < -0.3 is 24.8 Å². The molecule has 2 aromatic carbocycles. The Bertz CT molecular complexity index is 1200. The van der Waals surface area contributed by atoms with Crippen LogP contribution in [-0.2, 0) is 14.3 Å². The van der Waals surface area contributed by atoms with Crippen molar-refractivity contribution in [1.82, 2.24) is 20.0 Å². The molecule has 2 aliphatic heterocycles. The van der Waals surface area contributed by atoms with Gasteiger partial charge in [-0.1, -0.05) is 42.5 Å². The summed E-state index contributed by atoms with van der Waals surface area (Å²) in [5, 5.41) is 2.92. The number of carbonyl (C=O) groups excluding carboxylic acids is 3. The zero-order chi connectivity index (χ0) is 27.5. The molecule has 3 fully saturated rings. The third-order valence-corrected chi connectivity index (χ3v) is 7.75. The second-order valence-corrected chi connectivity index (χ2v) is 10.6. The second-order valence-electron chi connectivity index (χ2n) is 10.6. The molecule has 0 radical (unpaired) electrons. The van der Waals surface area contributed by atoms with Gasteiger partial charge in [-0.25, -0.2) is 13.6 Å². The average Bonchev–Trinajstić information content (AvgIpc) is 3.70. The molecule has 0 unspecified atom stereocenters. The Balaban J connectivity index is 1.27. The highest BCUT2D eigenvalue weighted by atomic mass is 19.1. The van der Waals surface area contributed by atoms with Crippen LogP contribution in [0.25, 0.3) is 0 Å². The summed E-state index contributed by atoms with van der Waals surface area (Å²) in [4.78, 5) is 43.5. The molecular weight excluding hydrogens is 506 g/mol. The Morgan fingerprint density at radius 3 is 2.41 bits per heavy atom. The standard InChI is InChI=1S/C29H34F2N4O4/c1-33-11-13-34(14-12-33)29(38)39-18-26(36)35-17-22(30)16-25(35)28(37)32-27(20-5-3-2-4-6-20)21-9-10-23(19-7-8-19)24(31)15-21/h2-6,9-10,15,19,22,25,27H,7-8,11-14,16-18H2,1H3,(H,32,37)/t22-,25+,27+/m1/s1. The molecule has 5 rings (SSSR count). The molecule has 1 N–H and O–H groups in total. The summed E-state index contributed by atoms with van der Waals surface area (Å²) in [6.45, 7) is 1.57. The maximum absolute atomic E-state index is 14.9. The molecule has 208 valence electrons. The molecule has 1 saturated carbocycles. The van der Waals surface area contributed by atoms with Gasteiger partial charge in [0.2, 0.25) is 5.91 Å². The molecule has 0 spiro atoms. The van der Waals surface area contributed by atoms with Gasteiger partial charge in [-0.15, -0.1) is 0 Å². The highest BCUT2D eigenvalue weighted by molar-refractivity contribution is 5.90. The minimum absolute atomic E-state index is 0.166. The molecule has 0 bridgehead atoms. The number of likely N-dealkylation sites (N-methyl/N-ethyl adjacent to an activating group) is 1. The molecule has 1 aliphatic carbocycles. The molecule has 8 nitrogen and oxygen atoms in total. The number of piperazine rings is 1. The molecule has 2 saturated heterocycles. The summed E-state index contributed by atoms with van der Waals surface area (Å²) in [5.74, 6) is -1.24. The lowest BCUT2D eigenvalue weighted by atomic mass is 9.96. The molecular formula is C29H34F2N4O4. The number of benzene rings is 2. The topological polar surface area (TPSA) is 82.2 Å². The minimum Gasteiger partial charge on any atom is -0.439 e. The molecule has 10 heteroatoms. The number of nitrogens with one attached hydrogen (secondary N) is 1. The van der Waals surface area contributed by atoms with Crippen molar-refractivity contribution in [2.45, 2.75) is 43.4 Å². The van der Waals surface area contributed by atoms with E-state index < -0.39 is 42.8 Å². The van der Waals surface area contributed by atoms with Gasteiger partial charge in [0.25, 0.3) is 5.91 Å². The van der Waals surface area contributed by atoms with Crippen molar-refractivity contribution in [1.29, 1.82) is 0 Å². The van der Waals surface area contributed by atoms with Crippen LogP contribution >= 0.6 is 0 Å². The third kappa shape index (κ3) is 6.38. The quantitative estimate of drug-likeness (QED) is 0.583. The highest BCUT2D eigenvalue weighted by Crippen LogP contribution is 2.42. The number of rotatable bonds is 7. The number of likely N-dealkylation sites (tertiary alicyclic amines) is 1. The number of ether oxygens (including phenoxy) is 1. The van der Waals surface area contributed by atoms with Gasteiger partial charge in [0, 0.05) is 32.6 Å². The predicted octanol–water partition coefficient (Wildman–Crippen LogP) is 3.23. The predicted molar refractivity (Wildman–Crippen MR) is 140 cm³/mol. The van der Waals surface area contributed by atoms with Crippen LogP contribution in [-0.4, -0.2) is 91.2 Å². The average molecular weight is 541 g/mol. The van der Waals surface area contributed by atoms with Crippen LogP contribution in [0.5, 0.6) is 0 Å². The Morgan fingerprint density at radius 2 is 1.74 bits per heavy atom. The van der Waals surface area contributed by atoms with Crippen LogP contribution in [0.3, 0.4) is 0 Å². The van der Waals surface area contributed by atoms with Crippen molar-refractivity contribution in [2.75, 3.05) is 46.4 Å². The lowest BCUT2D eigenvalue weighted by Gasteiger charge is -2.32. The van der Waals surface area contributed by atoms with Gasteiger partial charge >= 0.3 is 6.09 Å². The van der Waals surface area contributed by atoms with E-state index in [1.165, 1.54) is 11.0 Å². The van der Waals surface area contributed by atoms with Crippen LogP contribution in [0.1, 0.15) is 47.9 Å². The molecule has 2 aromatic rings. The van der Waals surface area contributed by atoms with Crippen molar-refractivity contribution in [3.63, 3.8) is 0 Å². The Morgan fingerprint density at radius 1 is 1.03 bits per heavy atom. The van der Waals surface area contributed by atoms with Crippen LogP contribution < -0.4 is 5.32 Å². The van der Waals surface area contributed by atoms with Crippen LogP contribution in [0.4, 0.5) is 13.6 Å². The maximum Gasteiger partial charge on any atom is 0.410 e. The van der Waals surface area contributed by atoms with E-state index in [2.05, 4.69) is 10.2 Å². The molecule has 2 heterocycles. The van der Waals surface area contributed by atoms with Crippen LogP contribution in [0.2, 0.25) is 0 Å². The van der Waals surface area contributed by atoms with Gasteiger partial charge in [-0.05, 0) is 48.6 Å². The largest absolute Gasteiger partial charge is 0.439 e. The van der Waals surface area contributed by atoms with E-state index in [0.717, 1.165) is 23.3 Å². The van der Waals surface area contributed by atoms with E-state index in [1.54, 1.807) is 6.07 Å². The molecule has 3 atom stereocenters. The first kappa shape index (κ1) is 27.1. The van der Waals surface area contributed by atoms with Gasteiger partial charge in [-0.3, -0.25) is 9.59 Å². The normalized spacial score (nSPS) is 22.4. The zero-order valence-electron chi connectivity index (χ0n) is 22.0. The van der Waals surface area contributed by atoms with E-state index in [0.29, 0.717) is 37.3 Å². The van der Waals surface area contributed by atoms with Gasteiger partial charge in [0.1, 0.15) is 18.0 Å². The summed E-state index contributed by atoms with van der Waals surface area (Å²) in [5.41, 5.74) is 1.97. The summed E-state index contributed by atoms with van der Waals surface area (Å²) in [6, 6.07) is 12.4. The fraction of sp³-hybridized carbons (Fsp3) is 0.483. The van der Waals surface area contributed by atoms with Crippen molar-refractivity contribution in [3.8, 4) is 0 Å². The van der Waals surface area contributed by atoms with E-state index in [-0.39, 0.29) is 24.7 Å². The van der Waals surface area contributed by atoms with E-state index in [4.69, 9.17) is 4.74 Å². The number of hydrogen-bond acceptors (Lipinski definition) is 5. The lowest BCUT2D eigenvalue weighted by molar-refractivity contribution is -0.141. The van der Waals surface area contributed by atoms with Crippen molar-refractivity contribution < 1.29 is 27.9 Å². The smallest absolute Gasteiger partial charge is 0.410 e. The first-order valence-corrected chi connectivity index (χ1v) is 13.5. The second kappa shape index (κ2) is 11.7. The fourth-order valence-corrected chi connectivity index (χ4v) is 5.29. The number of halogens is 2. The Kier molecular flexibility index (Phi) is 8.11. The van der Waals surface area contributed by atoms with Crippen LogP contribution in [0, 0.1) is 5.82 Å². The molecule has 0 aromatic heterocycles. The third-order valence-electron chi connectivity index (χ3n) is 7.75. The summed E-state index contributed by atoms with van der Waals surface area (Å²) < 4.78 is 34.6. The summed E-state index contributed by atoms with van der Waals surface area (Å²) >= 11 is 0. The van der Waals surface area contributed by atoms with Gasteiger partial charge in [-0.2, -0.15) is 0 Å². The first-order chi connectivity index (χ1) is 18.8. The van der Waals surface area contributed by atoms with Crippen LogP contribution in [0.15, 0.2) is 48.5 Å². The lowest BCUT2D eigenvalue weighted by Crippen LogP contribution is -2.50. The molecule has 39 heavy (non-hydrogen) atoms. The number of alkyl halides is 1. The Labute approximate surface area is 226 Å². The van der Waals surface area contributed by atoms with Crippen molar-refractivity contribution >= 4 is 17.9 Å². The molecule has 3 aliphatic rings. The summed E-state index contributed by atoms with van der Waals surface area (Å²) in [7, 11) is 1.96. The number of carbonyl (C=O) groups is 3. The monoisotopic (exact) mass is 540 g/mol. The van der Waals surface area contributed by atoms with E-state index in [1.807, 2.05) is 43.4 Å². The van der Waals surface area contributed by atoms with E-state index in [9.17, 15) is 23.2 Å². The number of nitrogens with zero attached hydrogens (tertiary/aromatic N) is 3. The van der Waals surface area contributed by atoms with E-state index >= 15 is 0 Å². The van der Waals surface area contributed by atoms with Crippen molar-refractivity contribution in [2.24, 2.45) is 0 Å². The number of amides is 3. The summed E-state index contributed by atoms with van der Waals surface area (Å²) in [6.07, 6.45) is -0.218. The first-order valence-electron chi connectivity index (χ1n) is 13.5. The highest BCUT2D eigenvalue weighted by Gasteiger charge is 2.41. The number of hydrogen-bond donors (Lipinski definition) is 1. The van der Waals surface area contributed by atoms with Crippen molar-refractivity contribution in [3.05, 3.63) is 71.0 Å².